The SMILES string of the molecule is CNC(C)(C)C(=O)Nc1ccc(NC(C)=O)cc1C(=O)O. The lowest BCUT2D eigenvalue weighted by molar-refractivity contribution is -0.121. The molecule has 0 unspecified atom stereocenters. The highest BCUT2D eigenvalue weighted by Gasteiger charge is 2.26. The van der Waals surface area contributed by atoms with Crippen molar-refractivity contribution in [2.24, 2.45) is 0 Å². The first-order valence-electron chi connectivity index (χ1n) is 6.32. The summed E-state index contributed by atoms with van der Waals surface area (Å²) in [6, 6.07) is 4.26. The maximum Gasteiger partial charge on any atom is 0.337 e. The molecule has 7 heteroatoms. The first-order chi connectivity index (χ1) is 9.67. The standard InChI is InChI=1S/C14H19N3O4/c1-8(18)16-9-5-6-11(10(7-9)12(19)20)17-13(21)14(2,3)15-4/h5-7,15H,1-4H3,(H,16,18)(H,17,21)(H,19,20). The van der Waals surface area contributed by atoms with Crippen LogP contribution in [-0.4, -0.2) is 35.5 Å². The molecule has 0 fully saturated rings. The number of hydrogen-bond acceptors (Lipinski definition) is 4. The van der Waals surface area contributed by atoms with Crippen molar-refractivity contribution in [3.8, 4) is 0 Å². The monoisotopic (exact) mass is 293 g/mol. The Morgan fingerprint density at radius 1 is 1.14 bits per heavy atom. The van der Waals surface area contributed by atoms with Gasteiger partial charge in [-0.05, 0) is 39.1 Å². The summed E-state index contributed by atoms with van der Waals surface area (Å²) in [5.41, 5.74) is -0.413. The van der Waals surface area contributed by atoms with Crippen LogP contribution in [-0.2, 0) is 9.59 Å². The number of amides is 2. The minimum absolute atomic E-state index is 0.0958. The van der Waals surface area contributed by atoms with Crippen LogP contribution in [0.1, 0.15) is 31.1 Å². The Kier molecular flexibility index (Phi) is 5.04. The Morgan fingerprint density at radius 3 is 2.24 bits per heavy atom. The second-order valence-electron chi connectivity index (χ2n) is 5.08. The Bertz CT molecular complexity index is 582. The fraction of sp³-hybridized carbons (Fsp3) is 0.357. The molecular weight excluding hydrogens is 274 g/mol. The van der Waals surface area contributed by atoms with Gasteiger partial charge in [0.1, 0.15) is 0 Å². The van der Waals surface area contributed by atoms with E-state index < -0.39 is 11.5 Å². The molecule has 1 aromatic rings. The number of carboxylic acids is 1. The van der Waals surface area contributed by atoms with E-state index in [1.807, 2.05) is 0 Å². The van der Waals surface area contributed by atoms with Crippen molar-refractivity contribution in [1.82, 2.24) is 5.32 Å². The number of nitrogens with one attached hydrogen (secondary N) is 3. The minimum atomic E-state index is -1.19. The van der Waals surface area contributed by atoms with E-state index in [0.29, 0.717) is 5.69 Å². The highest BCUT2D eigenvalue weighted by molar-refractivity contribution is 6.04. The van der Waals surface area contributed by atoms with Crippen molar-refractivity contribution < 1.29 is 19.5 Å². The van der Waals surface area contributed by atoms with Crippen LogP contribution in [0, 0.1) is 0 Å². The Balaban J connectivity index is 3.10. The van der Waals surface area contributed by atoms with Gasteiger partial charge in [0.15, 0.2) is 0 Å². The van der Waals surface area contributed by atoms with E-state index >= 15 is 0 Å². The largest absolute Gasteiger partial charge is 0.478 e. The van der Waals surface area contributed by atoms with E-state index in [4.69, 9.17) is 0 Å². The van der Waals surface area contributed by atoms with Crippen LogP contribution in [0.2, 0.25) is 0 Å². The number of rotatable bonds is 5. The molecular formula is C14H19N3O4. The molecule has 0 aromatic heterocycles. The summed E-state index contributed by atoms with van der Waals surface area (Å²) in [4.78, 5) is 34.3. The second kappa shape index (κ2) is 6.36. The van der Waals surface area contributed by atoms with Gasteiger partial charge in [0, 0.05) is 12.6 Å². The summed E-state index contributed by atoms with van der Waals surface area (Å²) in [7, 11) is 1.64. The van der Waals surface area contributed by atoms with Crippen LogP contribution >= 0.6 is 0 Å². The molecule has 0 saturated carbocycles. The third-order valence-electron chi connectivity index (χ3n) is 3.01. The zero-order valence-electron chi connectivity index (χ0n) is 12.4. The molecule has 0 aliphatic carbocycles. The van der Waals surface area contributed by atoms with Crippen molar-refractivity contribution in [3.63, 3.8) is 0 Å². The molecule has 0 spiro atoms. The van der Waals surface area contributed by atoms with Gasteiger partial charge in [0.05, 0.1) is 16.8 Å². The Labute approximate surface area is 122 Å². The van der Waals surface area contributed by atoms with Crippen molar-refractivity contribution >= 4 is 29.2 Å². The van der Waals surface area contributed by atoms with E-state index in [0.717, 1.165) is 0 Å². The molecule has 0 aliphatic rings. The van der Waals surface area contributed by atoms with E-state index in [2.05, 4.69) is 16.0 Å². The highest BCUT2D eigenvalue weighted by Crippen LogP contribution is 2.22. The summed E-state index contributed by atoms with van der Waals surface area (Å²) < 4.78 is 0. The van der Waals surface area contributed by atoms with Gasteiger partial charge in [-0.2, -0.15) is 0 Å². The molecule has 1 aromatic carbocycles. The second-order valence-corrected chi connectivity index (χ2v) is 5.08. The van der Waals surface area contributed by atoms with Gasteiger partial charge >= 0.3 is 5.97 Å². The fourth-order valence-electron chi connectivity index (χ4n) is 1.50. The summed E-state index contributed by atoms with van der Waals surface area (Å²) in [6.07, 6.45) is 0. The molecule has 0 atom stereocenters. The van der Waals surface area contributed by atoms with Crippen molar-refractivity contribution in [2.75, 3.05) is 17.7 Å². The van der Waals surface area contributed by atoms with Gasteiger partial charge in [-0.15, -0.1) is 0 Å². The van der Waals surface area contributed by atoms with Crippen LogP contribution in [0.5, 0.6) is 0 Å². The highest BCUT2D eigenvalue weighted by atomic mass is 16.4. The van der Waals surface area contributed by atoms with Gasteiger partial charge in [0.2, 0.25) is 11.8 Å². The van der Waals surface area contributed by atoms with Crippen LogP contribution in [0.15, 0.2) is 18.2 Å². The average molecular weight is 293 g/mol. The molecule has 0 bridgehead atoms. The van der Waals surface area contributed by atoms with Gasteiger partial charge in [0.25, 0.3) is 0 Å². The number of carbonyl (C=O) groups excluding carboxylic acids is 2. The molecule has 7 nitrogen and oxygen atoms in total. The summed E-state index contributed by atoms with van der Waals surface area (Å²) in [5.74, 6) is -1.86. The molecule has 114 valence electrons. The zero-order valence-corrected chi connectivity index (χ0v) is 12.4. The first-order valence-corrected chi connectivity index (χ1v) is 6.32. The van der Waals surface area contributed by atoms with Crippen molar-refractivity contribution in [1.29, 1.82) is 0 Å². The van der Waals surface area contributed by atoms with E-state index in [1.54, 1.807) is 20.9 Å². The van der Waals surface area contributed by atoms with Crippen LogP contribution in [0.3, 0.4) is 0 Å². The first kappa shape index (κ1) is 16.6. The Morgan fingerprint density at radius 2 is 1.76 bits per heavy atom. The van der Waals surface area contributed by atoms with Gasteiger partial charge in [-0.3, -0.25) is 9.59 Å². The predicted molar refractivity (Wildman–Crippen MR) is 79.5 cm³/mol. The number of anilines is 2. The van der Waals surface area contributed by atoms with E-state index in [-0.39, 0.29) is 23.1 Å². The zero-order chi connectivity index (χ0) is 16.2. The normalized spacial score (nSPS) is 10.9. The molecule has 0 radical (unpaired) electrons. The molecule has 4 N–H and O–H groups in total. The molecule has 0 heterocycles. The van der Waals surface area contributed by atoms with Gasteiger partial charge < -0.3 is 21.1 Å². The number of hydrogen-bond donors (Lipinski definition) is 4. The van der Waals surface area contributed by atoms with Crippen molar-refractivity contribution in [3.05, 3.63) is 23.8 Å². The molecule has 0 saturated heterocycles. The summed E-state index contributed by atoms with van der Waals surface area (Å²) >= 11 is 0. The Hall–Kier alpha value is -2.41. The van der Waals surface area contributed by atoms with Crippen LogP contribution in [0.4, 0.5) is 11.4 Å². The van der Waals surface area contributed by atoms with E-state index in [1.165, 1.54) is 25.1 Å². The molecule has 1 rings (SSSR count). The lowest BCUT2D eigenvalue weighted by atomic mass is 10.0. The molecule has 21 heavy (non-hydrogen) atoms. The maximum atomic E-state index is 12.1. The molecule has 0 aliphatic heterocycles. The summed E-state index contributed by atoms with van der Waals surface area (Å²) in [5, 5.41) is 17.1. The number of carboxylic acid groups (broad SMARTS) is 1. The number of aromatic carboxylic acids is 1. The lowest BCUT2D eigenvalue weighted by Crippen LogP contribution is -2.48. The predicted octanol–water partition coefficient (Wildman–Crippen LogP) is 1.28. The van der Waals surface area contributed by atoms with Gasteiger partial charge in [-0.1, -0.05) is 0 Å². The van der Waals surface area contributed by atoms with Crippen LogP contribution < -0.4 is 16.0 Å². The van der Waals surface area contributed by atoms with Crippen LogP contribution in [0.25, 0.3) is 0 Å². The quantitative estimate of drug-likeness (QED) is 0.654. The third-order valence-corrected chi connectivity index (χ3v) is 3.01. The van der Waals surface area contributed by atoms with Crippen molar-refractivity contribution in [2.45, 2.75) is 26.3 Å². The fourth-order valence-corrected chi connectivity index (χ4v) is 1.50. The molecule has 2 amide bonds. The number of likely N-dealkylation sites (N-methyl/N-ethyl adjacent to an activating group) is 1. The maximum absolute atomic E-state index is 12.1. The third kappa shape index (κ3) is 4.28. The van der Waals surface area contributed by atoms with Gasteiger partial charge in [-0.25, -0.2) is 4.79 Å². The summed E-state index contributed by atoms with van der Waals surface area (Å²) in [6.45, 7) is 4.68. The topological polar surface area (TPSA) is 108 Å². The number of benzene rings is 1. The minimum Gasteiger partial charge on any atom is -0.478 e. The number of carbonyl (C=O) groups is 3. The lowest BCUT2D eigenvalue weighted by Gasteiger charge is -2.23. The smallest absolute Gasteiger partial charge is 0.337 e. The average Bonchev–Trinajstić information content (AvgIpc) is 2.39. The van der Waals surface area contributed by atoms with E-state index in [9.17, 15) is 19.5 Å².